The number of thioether (sulfide) groups is 1. The van der Waals surface area contributed by atoms with E-state index in [2.05, 4.69) is 37.6 Å². The Morgan fingerprint density at radius 1 is 1.29 bits per heavy atom. The first-order chi connectivity index (χ1) is 14.6. The number of hydrogen-bond donors (Lipinski definition) is 1. The molecule has 2 amide bonds. The number of nitrogens with zero attached hydrogens (tertiary/aromatic N) is 2. The van der Waals surface area contributed by atoms with E-state index in [9.17, 15) is 18.4 Å². The zero-order valence-electron chi connectivity index (χ0n) is 16.1. The predicted molar refractivity (Wildman–Crippen MR) is 126 cm³/mol. The fourth-order valence-electron chi connectivity index (χ4n) is 2.74. The molecule has 31 heavy (non-hydrogen) atoms. The molecular formula is C20H17ClF2IN3O3S. The average molecular weight is 580 g/mol. The van der Waals surface area contributed by atoms with Crippen molar-refractivity contribution >= 4 is 74.3 Å². The van der Waals surface area contributed by atoms with Crippen molar-refractivity contribution in [2.24, 2.45) is 4.99 Å². The van der Waals surface area contributed by atoms with Gasteiger partial charge in [-0.3, -0.25) is 14.5 Å². The molecule has 2 aromatic carbocycles. The molecule has 0 saturated carbocycles. The van der Waals surface area contributed by atoms with Crippen LogP contribution < -0.4 is 10.1 Å². The van der Waals surface area contributed by atoms with Gasteiger partial charge in [0.1, 0.15) is 11.0 Å². The molecule has 1 heterocycles. The molecule has 11 heteroatoms. The summed E-state index contributed by atoms with van der Waals surface area (Å²) in [6.07, 6.45) is 0.0469. The van der Waals surface area contributed by atoms with E-state index in [0.717, 1.165) is 3.57 Å². The second-order valence-electron chi connectivity index (χ2n) is 6.38. The van der Waals surface area contributed by atoms with Gasteiger partial charge in [0.25, 0.3) is 0 Å². The fourth-order valence-corrected chi connectivity index (χ4v) is 4.35. The van der Waals surface area contributed by atoms with E-state index < -0.39 is 10.8 Å². The third-order valence-corrected chi connectivity index (χ3v) is 6.14. The molecule has 0 radical (unpaired) electrons. The molecule has 0 bridgehead atoms. The lowest BCUT2D eigenvalue weighted by Crippen LogP contribution is -2.45. The predicted octanol–water partition coefficient (Wildman–Crippen LogP) is 5.44. The molecule has 1 fully saturated rings. The lowest BCUT2D eigenvalue weighted by Gasteiger charge is -2.30. The summed E-state index contributed by atoms with van der Waals surface area (Å²) >= 11 is 8.11. The van der Waals surface area contributed by atoms with E-state index in [0.29, 0.717) is 23.1 Å². The van der Waals surface area contributed by atoms with E-state index in [1.165, 1.54) is 40.9 Å². The van der Waals surface area contributed by atoms with E-state index >= 15 is 0 Å². The third kappa shape index (κ3) is 6.78. The van der Waals surface area contributed by atoms with Crippen LogP contribution in [0.5, 0.6) is 5.75 Å². The van der Waals surface area contributed by atoms with Crippen molar-refractivity contribution in [3.05, 3.63) is 52.1 Å². The van der Waals surface area contributed by atoms with Crippen LogP contribution in [-0.4, -0.2) is 39.2 Å². The van der Waals surface area contributed by atoms with Gasteiger partial charge in [0.15, 0.2) is 5.17 Å². The summed E-state index contributed by atoms with van der Waals surface area (Å²) in [4.78, 5) is 31.2. The first-order valence-electron chi connectivity index (χ1n) is 9.12. The van der Waals surface area contributed by atoms with Crippen LogP contribution in [0, 0.1) is 3.57 Å². The Morgan fingerprint density at radius 2 is 1.94 bits per heavy atom. The van der Waals surface area contributed by atoms with Crippen molar-refractivity contribution < 1.29 is 23.1 Å². The molecule has 1 N–H and O–H groups in total. The van der Waals surface area contributed by atoms with Crippen LogP contribution in [0.25, 0.3) is 0 Å². The molecule has 0 unspecified atom stereocenters. The standard InChI is InChI=1S/C20H17ClF2IN3O3S/c1-2-27-17(28)11-16(18(29)25-13-5-3-12(24)4-6-13)31-19(27)26-14-7-9-15(10-8-14)30-20(21,22)23/h3-10,16H,2,11H2,1H3,(H,25,29)/t16-/m1/s1. The summed E-state index contributed by atoms with van der Waals surface area (Å²) in [7, 11) is 0. The number of rotatable bonds is 6. The fraction of sp³-hybridized carbons (Fsp3) is 0.250. The van der Waals surface area contributed by atoms with Gasteiger partial charge in [-0.25, -0.2) is 4.99 Å². The number of amidine groups is 1. The number of benzene rings is 2. The average Bonchev–Trinajstić information content (AvgIpc) is 2.70. The van der Waals surface area contributed by atoms with Crippen molar-refractivity contribution in [1.29, 1.82) is 0 Å². The van der Waals surface area contributed by atoms with Crippen molar-refractivity contribution in [2.75, 3.05) is 11.9 Å². The lowest BCUT2D eigenvalue weighted by molar-refractivity contribution is -0.129. The van der Waals surface area contributed by atoms with Crippen LogP contribution in [0.2, 0.25) is 0 Å². The van der Waals surface area contributed by atoms with Crippen LogP contribution in [0.4, 0.5) is 20.2 Å². The number of alkyl halides is 3. The monoisotopic (exact) mass is 579 g/mol. The highest BCUT2D eigenvalue weighted by atomic mass is 127. The number of carbonyl (C=O) groups is 2. The quantitative estimate of drug-likeness (QED) is 0.366. The van der Waals surface area contributed by atoms with Gasteiger partial charge in [-0.2, -0.15) is 0 Å². The Labute approximate surface area is 200 Å². The van der Waals surface area contributed by atoms with Crippen LogP contribution in [-0.2, 0) is 9.59 Å². The van der Waals surface area contributed by atoms with Gasteiger partial charge in [-0.05, 0) is 78.0 Å². The largest absolute Gasteiger partial charge is 0.487 e. The summed E-state index contributed by atoms with van der Waals surface area (Å²) in [5.41, 5.74) is -2.75. The Balaban J connectivity index is 1.76. The van der Waals surface area contributed by atoms with Gasteiger partial charge in [0, 0.05) is 33.8 Å². The van der Waals surface area contributed by atoms with Crippen molar-refractivity contribution in [2.45, 2.75) is 24.2 Å². The van der Waals surface area contributed by atoms with Gasteiger partial charge in [0.2, 0.25) is 11.8 Å². The molecule has 164 valence electrons. The molecule has 0 aromatic heterocycles. The van der Waals surface area contributed by atoms with Gasteiger partial charge in [0.05, 0.1) is 5.69 Å². The smallest absolute Gasteiger partial charge is 0.420 e. The van der Waals surface area contributed by atoms with Gasteiger partial charge in [-0.1, -0.05) is 11.8 Å². The molecular weight excluding hydrogens is 563 g/mol. The Morgan fingerprint density at radius 3 is 2.52 bits per heavy atom. The zero-order chi connectivity index (χ0) is 22.6. The SMILES string of the molecule is CCN1C(=O)C[C@H](C(=O)Nc2ccc(I)cc2)SC1=Nc1ccc(OC(F)(F)Cl)cc1. The topological polar surface area (TPSA) is 71.0 Å². The van der Waals surface area contributed by atoms with Crippen LogP contribution in [0.1, 0.15) is 13.3 Å². The maximum absolute atomic E-state index is 12.7. The van der Waals surface area contributed by atoms with Crippen LogP contribution in [0.3, 0.4) is 0 Å². The maximum atomic E-state index is 12.7. The molecule has 0 spiro atoms. The van der Waals surface area contributed by atoms with E-state index in [1.54, 1.807) is 19.1 Å². The number of carbonyl (C=O) groups excluding carboxylic acids is 2. The summed E-state index contributed by atoms with van der Waals surface area (Å²) < 4.78 is 30.8. The van der Waals surface area contributed by atoms with E-state index in [4.69, 9.17) is 11.6 Å². The second-order valence-corrected chi connectivity index (χ2v) is 9.24. The number of halogens is 4. The number of hydrogen-bond acceptors (Lipinski definition) is 5. The van der Waals surface area contributed by atoms with Crippen molar-refractivity contribution in [3.8, 4) is 5.75 Å². The highest BCUT2D eigenvalue weighted by Crippen LogP contribution is 2.31. The molecule has 1 atom stereocenters. The molecule has 1 aliphatic rings. The van der Waals surface area contributed by atoms with E-state index in [1.807, 2.05) is 12.1 Å². The van der Waals surface area contributed by atoms with Gasteiger partial charge in [-0.15, -0.1) is 8.78 Å². The van der Waals surface area contributed by atoms with Crippen LogP contribution >= 0.6 is 46.0 Å². The van der Waals surface area contributed by atoms with Gasteiger partial charge >= 0.3 is 5.57 Å². The number of nitrogens with one attached hydrogen (secondary N) is 1. The summed E-state index contributed by atoms with van der Waals surface area (Å²) in [6, 6.07) is 12.8. The normalized spacial score (nSPS) is 18.2. The number of ether oxygens (including phenoxy) is 1. The molecule has 0 aliphatic carbocycles. The first-order valence-corrected chi connectivity index (χ1v) is 11.5. The molecule has 6 nitrogen and oxygen atoms in total. The number of aliphatic imine (C=N–C) groups is 1. The van der Waals surface area contributed by atoms with Crippen molar-refractivity contribution in [1.82, 2.24) is 4.90 Å². The highest BCUT2D eigenvalue weighted by Gasteiger charge is 2.35. The lowest BCUT2D eigenvalue weighted by atomic mass is 10.2. The Bertz CT molecular complexity index is 985. The number of amides is 2. The van der Waals surface area contributed by atoms with Gasteiger partial charge < -0.3 is 10.1 Å². The van der Waals surface area contributed by atoms with Crippen molar-refractivity contribution in [3.63, 3.8) is 0 Å². The molecule has 1 saturated heterocycles. The highest BCUT2D eigenvalue weighted by molar-refractivity contribution is 14.1. The maximum Gasteiger partial charge on any atom is 0.487 e. The van der Waals surface area contributed by atoms with Crippen LogP contribution in [0.15, 0.2) is 53.5 Å². The zero-order valence-corrected chi connectivity index (χ0v) is 19.9. The Hall–Kier alpha value is -1.92. The summed E-state index contributed by atoms with van der Waals surface area (Å²) in [5, 5.41) is 2.53. The minimum atomic E-state index is -3.81. The summed E-state index contributed by atoms with van der Waals surface area (Å²) in [5.74, 6) is -0.640. The number of anilines is 1. The Kier molecular flexibility index (Phi) is 7.76. The summed E-state index contributed by atoms with van der Waals surface area (Å²) in [6.45, 7) is 2.19. The minimum absolute atomic E-state index is 0.0469. The second kappa shape index (κ2) is 10.1. The molecule has 3 rings (SSSR count). The first kappa shape index (κ1) is 23.7. The third-order valence-electron chi connectivity index (χ3n) is 4.16. The minimum Gasteiger partial charge on any atom is -0.420 e. The van der Waals surface area contributed by atoms with E-state index in [-0.39, 0.29) is 24.0 Å². The molecule has 2 aromatic rings. The molecule has 1 aliphatic heterocycles.